The van der Waals surface area contributed by atoms with Gasteiger partial charge in [0.25, 0.3) is 5.91 Å². The van der Waals surface area contributed by atoms with Crippen LogP contribution in [0, 0.1) is 0 Å². The van der Waals surface area contributed by atoms with Crippen LogP contribution in [0.25, 0.3) is 0 Å². The summed E-state index contributed by atoms with van der Waals surface area (Å²) in [6.07, 6.45) is 1.31. The maximum absolute atomic E-state index is 11.2. The molecule has 0 saturated heterocycles. The van der Waals surface area contributed by atoms with E-state index in [2.05, 4.69) is 10.3 Å². The standard InChI is InChI=1S/C11H10N2O3/c14-8-3-1-7(2-4-8)12-5-9-10(15)6-13-11(9)16/h1-5,14-15H,6H2,(H,13,16). The molecule has 0 unspecified atom stereocenters. The first-order valence-electron chi connectivity index (χ1n) is 4.70. The number of hydrogen-bond donors (Lipinski definition) is 3. The van der Waals surface area contributed by atoms with E-state index in [1.54, 1.807) is 12.1 Å². The number of carbonyl (C=O) groups is 1. The Hall–Kier alpha value is -2.30. The van der Waals surface area contributed by atoms with Crippen LogP contribution < -0.4 is 5.32 Å². The van der Waals surface area contributed by atoms with Gasteiger partial charge in [0.05, 0.1) is 17.8 Å². The van der Waals surface area contributed by atoms with Gasteiger partial charge >= 0.3 is 0 Å². The average Bonchev–Trinajstić information content (AvgIpc) is 2.59. The normalized spacial score (nSPS) is 15.9. The third kappa shape index (κ3) is 2.03. The van der Waals surface area contributed by atoms with Gasteiger partial charge in [0, 0.05) is 6.21 Å². The highest BCUT2D eigenvalue weighted by atomic mass is 16.3. The number of amides is 1. The number of benzene rings is 1. The summed E-state index contributed by atoms with van der Waals surface area (Å²) in [5, 5.41) is 20.9. The molecular weight excluding hydrogens is 208 g/mol. The van der Waals surface area contributed by atoms with Gasteiger partial charge in [0.1, 0.15) is 11.5 Å². The smallest absolute Gasteiger partial charge is 0.256 e. The molecule has 0 fully saturated rings. The number of rotatable bonds is 2. The van der Waals surface area contributed by atoms with E-state index in [0.717, 1.165) is 0 Å². The number of hydrogen-bond acceptors (Lipinski definition) is 4. The summed E-state index contributed by atoms with van der Waals surface area (Å²) < 4.78 is 0. The Morgan fingerprint density at radius 3 is 2.50 bits per heavy atom. The summed E-state index contributed by atoms with van der Waals surface area (Å²) >= 11 is 0. The molecule has 82 valence electrons. The molecule has 0 spiro atoms. The largest absolute Gasteiger partial charge is 0.510 e. The Kier molecular flexibility index (Phi) is 2.59. The van der Waals surface area contributed by atoms with Crippen molar-refractivity contribution in [3.63, 3.8) is 0 Å². The Labute approximate surface area is 91.8 Å². The zero-order valence-corrected chi connectivity index (χ0v) is 8.34. The second-order valence-electron chi connectivity index (χ2n) is 3.32. The molecule has 2 rings (SSSR count). The molecule has 5 heteroatoms. The van der Waals surface area contributed by atoms with Crippen LogP contribution in [0.15, 0.2) is 40.6 Å². The zero-order chi connectivity index (χ0) is 11.5. The van der Waals surface area contributed by atoms with E-state index in [1.165, 1.54) is 18.3 Å². The molecule has 0 atom stereocenters. The summed E-state index contributed by atoms with van der Waals surface area (Å²) in [6.45, 7) is 0.149. The molecule has 5 nitrogen and oxygen atoms in total. The molecular formula is C11H10N2O3. The van der Waals surface area contributed by atoms with E-state index in [1.807, 2.05) is 0 Å². The van der Waals surface area contributed by atoms with E-state index < -0.39 is 0 Å². The third-order valence-electron chi connectivity index (χ3n) is 2.16. The predicted octanol–water partition coefficient (Wildman–Crippen LogP) is 1.04. The highest BCUT2D eigenvalue weighted by molar-refractivity contribution is 6.14. The van der Waals surface area contributed by atoms with Crippen molar-refractivity contribution in [3.8, 4) is 5.75 Å². The summed E-state index contributed by atoms with van der Waals surface area (Å²) in [5.74, 6) is -0.188. The highest BCUT2D eigenvalue weighted by Gasteiger charge is 2.19. The first kappa shape index (κ1) is 10.2. The van der Waals surface area contributed by atoms with Crippen LogP contribution in [0.3, 0.4) is 0 Å². The van der Waals surface area contributed by atoms with Crippen molar-refractivity contribution in [1.29, 1.82) is 0 Å². The quantitative estimate of drug-likeness (QED) is 0.648. The van der Waals surface area contributed by atoms with Gasteiger partial charge < -0.3 is 15.5 Å². The van der Waals surface area contributed by atoms with Crippen molar-refractivity contribution in [3.05, 3.63) is 35.6 Å². The van der Waals surface area contributed by atoms with Crippen molar-refractivity contribution >= 4 is 17.8 Å². The minimum atomic E-state index is -0.333. The lowest BCUT2D eigenvalue weighted by molar-refractivity contribution is -0.116. The lowest BCUT2D eigenvalue weighted by Gasteiger charge is -1.94. The maximum atomic E-state index is 11.2. The second kappa shape index (κ2) is 4.06. The fourth-order valence-corrected chi connectivity index (χ4v) is 1.30. The molecule has 1 aliphatic rings. The molecule has 1 aromatic rings. The number of aliphatic hydroxyl groups is 1. The molecule has 3 N–H and O–H groups in total. The number of nitrogens with zero attached hydrogens (tertiary/aromatic N) is 1. The number of nitrogens with one attached hydrogen (secondary N) is 1. The first-order chi connectivity index (χ1) is 7.66. The number of phenols is 1. The lowest BCUT2D eigenvalue weighted by Crippen LogP contribution is -2.17. The predicted molar refractivity (Wildman–Crippen MR) is 58.9 cm³/mol. The molecule has 0 radical (unpaired) electrons. The van der Waals surface area contributed by atoms with Gasteiger partial charge in [-0.3, -0.25) is 9.79 Å². The zero-order valence-electron chi connectivity index (χ0n) is 8.34. The Morgan fingerprint density at radius 2 is 1.94 bits per heavy atom. The SMILES string of the molecule is O=C1NCC(O)=C1C=Nc1ccc(O)cc1. The minimum Gasteiger partial charge on any atom is -0.510 e. The molecule has 0 aliphatic carbocycles. The van der Waals surface area contributed by atoms with Crippen LogP contribution in [-0.2, 0) is 4.79 Å². The second-order valence-corrected chi connectivity index (χ2v) is 3.32. The van der Waals surface area contributed by atoms with Crippen LogP contribution >= 0.6 is 0 Å². The Morgan fingerprint density at radius 1 is 1.25 bits per heavy atom. The summed E-state index contributed by atoms with van der Waals surface area (Å²) in [6, 6.07) is 6.21. The molecule has 0 bridgehead atoms. The van der Waals surface area contributed by atoms with Gasteiger partial charge in [-0.25, -0.2) is 0 Å². The number of carbonyl (C=O) groups excluding carboxylic acids is 1. The molecule has 1 aromatic carbocycles. The maximum Gasteiger partial charge on any atom is 0.256 e. The van der Waals surface area contributed by atoms with Crippen molar-refractivity contribution in [2.24, 2.45) is 4.99 Å². The van der Waals surface area contributed by atoms with Gasteiger partial charge in [0.15, 0.2) is 0 Å². The van der Waals surface area contributed by atoms with Gasteiger partial charge in [-0.05, 0) is 24.3 Å². The third-order valence-corrected chi connectivity index (χ3v) is 2.16. The van der Waals surface area contributed by atoms with Gasteiger partial charge in [-0.1, -0.05) is 0 Å². The van der Waals surface area contributed by atoms with Crippen LogP contribution in [0.4, 0.5) is 5.69 Å². The summed E-state index contributed by atoms with van der Waals surface area (Å²) in [4.78, 5) is 15.2. The van der Waals surface area contributed by atoms with Crippen LogP contribution in [-0.4, -0.2) is 28.9 Å². The molecule has 0 aromatic heterocycles. The van der Waals surface area contributed by atoms with Gasteiger partial charge in [-0.2, -0.15) is 0 Å². The molecule has 0 saturated carbocycles. The Balaban J connectivity index is 2.18. The number of phenolic OH excluding ortho intramolecular Hbond substituents is 1. The average molecular weight is 218 g/mol. The van der Waals surface area contributed by atoms with E-state index in [-0.39, 0.29) is 29.5 Å². The minimum absolute atomic E-state index is 0.00692. The van der Waals surface area contributed by atoms with Crippen LogP contribution in [0.2, 0.25) is 0 Å². The van der Waals surface area contributed by atoms with E-state index in [9.17, 15) is 9.90 Å². The molecule has 1 heterocycles. The van der Waals surface area contributed by atoms with Gasteiger partial charge in [0.2, 0.25) is 0 Å². The molecule has 16 heavy (non-hydrogen) atoms. The summed E-state index contributed by atoms with van der Waals surface area (Å²) in [7, 11) is 0. The van der Waals surface area contributed by atoms with E-state index in [0.29, 0.717) is 5.69 Å². The highest BCUT2D eigenvalue weighted by Crippen LogP contribution is 2.17. The monoisotopic (exact) mass is 218 g/mol. The molecule has 1 aliphatic heterocycles. The van der Waals surface area contributed by atoms with E-state index in [4.69, 9.17) is 5.11 Å². The van der Waals surface area contributed by atoms with Crippen molar-refractivity contribution in [2.45, 2.75) is 0 Å². The van der Waals surface area contributed by atoms with Gasteiger partial charge in [-0.15, -0.1) is 0 Å². The van der Waals surface area contributed by atoms with Crippen LogP contribution in [0.1, 0.15) is 0 Å². The Bertz CT molecular complexity index is 475. The van der Waals surface area contributed by atoms with Crippen LogP contribution in [0.5, 0.6) is 5.75 Å². The first-order valence-corrected chi connectivity index (χ1v) is 4.70. The van der Waals surface area contributed by atoms with Crippen molar-refractivity contribution in [2.75, 3.05) is 6.54 Å². The van der Waals surface area contributed by atoms with Crippen molar-refractivity contribution in [1.82, 2.24) is 5.32 Å². The van der Waals surface area contributed by atoms with Crippen molar-refractivity contribution < 1.29 is 15.0 Å². The number of aliphatic imine (C=N–C) groups is 1. The summed E-state index contributed by atoms with van der Waals surface area (Å²) in [5.41, 5.74) is 0.769. The fourth-order valence-electron chi connectivity index (χ4n) is 1.30. The fraction of sp³-hybridized carbons (Fsp3) is 0.0909. The topological polar surface area (TPSA) is 81.9 Å². The molecule has 1 amide bonds. The number of aliphatic hydroxyl groups excluding tert-OH is 1. The number of aromatic hydroxyl groups is 1. The lowest BCUT2D eigenvalue weighted by atomic mass is 10.2. The van der Waals surface area contributed by atoms with E-state index >= 15 is 0 Å².